The molecule has 1 aromatic rings. The maximum Gasteiger partial charge on any atom is 0.337 e. The van der Waals surface area contributed by atoms with E-state index in [-0.39, 0.29) is 36.7 Å². The van der Waals surface area contributed by atoms with E-state index in [2.05, 4.69) is 4.74 Å². The van der Waals surface area contributed by atoms with Crippen LogP contribution < -0.4 is 0 Å². The van der Waals surface area contributed by atoms with E-state index in [4.69, 9.17) is 11.6 Å². The first-order valence-corrected chi connectivity index (χ1v) is 6.78. The molecule has 4 nitrogen and oxygen atoms in total. The van der Waals surface area contributed by atoms with Gasteiger partial charge in [-0.2, -0.15) is 0 Å². The number of hydrogen-bond donors (Lipinski definition) is 0. The van der Waals surface area contributed by atoms with Crippen LogP contribution in [-0.2, 0) is 20.7 Å². The molecule has 0 amide bonds. The lowest BCUT2D eigenvalue weighted by Crippen LogP contribution is -2.09. The van der Waals surface area contributed by atoms with Crippen molar-refractivity contribution < 1.29 is 19.1 Å². The largest absolute Gasteiger partial charge is 0.465 e. The summed E-state index contributed by atoms with van der Waals surface area (Å²) in [5.41, 5.74) is 2.16. The average molecular weight is 297 g/mol. The Morgan fingerprint density at radius 2 is 1.80 bits per heavy atom. The van der Waals surface area contributed by atoms with Crippen LogP contribution in [0.3, 0.4) is 0 Å². The molecule has 0 aliphatic carbocycles. The summed E-state index contributed by atoms with van der Waals surface area (Å²) in [5, 5.41) is 0. The lowest BCUT2D eigenvalue weighted by Gasteiger charge is -2.07. The summed E-state index contributed by atoms with van der Waals surface area (Å²) in [7, 11) is 1.32. The number of carbonyl (C=O) groups excluding carboxylic acids is 3. The van der Waals surface area contributed by atoms with Crippen LogP contribution in [0.1, 0.15) is 34.3 Å². The Morgan fingerprint density at radius 3 is 2.35 bits per heavy atom. The predicted octanol–water partition coefficient (Wildman–Crippen LogP) is 2.48. The van der Waals surface area contributed by atoms with Crippen LogP contribution in [0.25, 0.3) is 0 Å². The molecule has 20 heavy (non-hydrogen) atoms. The fraction of sp³-hybridized carbons (Fsp3) is 0.400. The molecular formula is C15H17ClO4. The number of ketones is 2. The maximum absolute atomic E-state index is 11.8. The number of hydrogen-bond acceptors (Lipinski definition) is 4. The Morgan fingerprint density at radius 1 is 1.15 bits per heavy atom. The molecule has 0 saturated heterocycles. The Kier molecular flexibility index (Phi) is 6.39. The summed E-state index contributed by atoms with van der Waals surface area (Å²) in [6.07, 6.45) is 0.633. The fourth-order valence-corrected chi connectivity index (χ4v) is 1.92. The molecule has 0 aromatic heterocycles. The van der Waals surface area contributed by atoms with Crippen LogP contribution in [0, 0.1) is 6.92 Å². The van der Waals surface area contributed by atoms with E-state index in [1.165, 1.54) is 7.11 Å². The molecule has 0 radical (unpaired) electrons. The summed E-state index contributed by atoms with van der Waals surface area (Å²) in [4.78, 5) is 34.2. The maximum atomic E-state index is 11.8. The Labute approximate surface area is 123 Å². The third-order valence-corrected chi connectivity index (χ3v) is 3.28. The zero-order valence-corrected chi connectivity index (χ0v) is 12.3. The van der Waals surface area contributed by atoms with Crippen LogP contribution in [0.4, 0.5) is 0 Å². The van der Waals surface area contributed by atoms with E-state index in [0.717, 1.165) is 11.1 Å². The van der Waals surface area contributed by atoms with Gasteiger partial charge >= 0.3 is 5.97 Å². The SMILES string of the molecule is COC(=O)c1ccc(CC(=O)CCC(=O)CCl)c(C)c1. The average Bonchev–Trinajstić information content (AvgIpc) is 2.45. The van der Waals surface area contributed by atoms with E-state index < -0.39 is 5.97 Å². The number of benzene rings is 1. The molecular weight excluding hydrogens is 280 g/mol. The molecule has 0 spiro atoms. The van der Waals surface area contributed by atoms with Crippen molar-refractivity contribution in [2.24, 2.45) is 0 Å². The zero-order chi connectivity index (χ0) is 15.1. The van der Waals surface area contributed by atoms with E-state index in [9.17, 15) is 14.4 Å². The Hall–Kier alpha value is -1.68. The van der Waals surface area contributed by atoms with Gasteiger partial charge in [-0.05, 0) is 30.2 Å². The minimum absolute atomic E-state index is 0.0163. The van der Waals surface area contributed by atoms with Crippen molar-refractivity contribution in [1.29, 1.82) is 0 Å². The second-order valence-corrected chi connectivity index (χ2v) is 4.79. The first kappa shape index (κ1) is 16.4. The predicted molar refractivity (Wildman–Crippen MR) is 76.2 cm³/mol. The highest BCUT2D eigenvalue weighted by atomic mass is 35.5. The normalized spacial score (nSPS) is 10.2. The van der Waals surface area contributed by atoms with Crippen LogP contribution in [0.15, 0.2) is 18.2 Å². The van der Waals surface area contributed by atoms with Crippen molar-refractivity contribution in [1.82, 2.24) is 0 Å². The highest BCUT2D eigenvalue weighted by Gasteiger charge is 2.11. The minimum atomic E-state index is -0.404. The van der Waals surface area contributed by atoms with Gasteiger partial charge in [0, 0.05) is 19.3 Å². The molecule has 0 saturated carbocycles. The molecule has 5 heteroatoms. The second kappa shape index (κ2) is 7.80. The van der Waals surface area contributed by atoms with Gasteiger partial charge in [0.2, 0.25) is 0 Å². The molecule has 0 fully saturated rings. The van der Waals surface area contributed by atoms with Gasteiger partial charge in [0.1, 0.15) is 11.6 Å². The topological polar surface area (TPSA) is 60.4 Å². The number of halogens is 1. The summed E-state index contributed by atoms with van der Waals surface area (Å²) < 4.78 is 4.63. The van der Waals surface area contributed by atoms with Gasteiger partial charge in [0.25, 0.3) is 0 Å². The van der Waals surface area contributed by atoms with E-state index in [1.54, 1.807) is 18.2 Å². The fourth-order valence-electron chi connectivity index (χ4n) is 1.79. The lowest BCUT2D eigenvalue weighted by atomic mass is 9.99. The van der Waals surface area contributed by atoms with Crippen LogP contribution >= 0.6 is 11.6 Å². The van der Waals surface area contributed by atoms with E-state index in [1.807, 2.05) is 6.92 Å². The number of aryl methyl sites for hydroxylation is 1. The number of Topliss-reactive ketones (excluding diaryl/α,β-unsaturated/α-hetero) is 2. The number of alkyl halides is 1. The highest BCUT2D eigenvalue weighted by molar-refractivity contribution is 6.27. The first-order valence-electron chi connectivity index (χ1n) is 6.25. The second-order valence-electron chi connectivity index (χ2n) is 4.52. The Bertz CT molecular complexity index is 523. The molecule has 0 N–H and O–H groups in total. The van der Waals surface area contributed by atoms with Gasteiger partial charge in [0.15, 0.2) is 0 Å². The Balaban J connectivity index is 2.66. The van der Waals surface area contributed by atoms with E-state index >= 15 is 0 Å². The molecule has 0 unspecified atom stereocenters. The smallest absolute Gasteiger partial charge is 0.337 e. The summed E-state index contributed by atoms with van der Waals surface area (Å²) >= 11 is 5.38. The lowest BCUT2D eigenvalue weighted by molar-refractivity contribution is -0.122. The van der Waals surface area contributed by atoms with Crippen molar-refractivity contribution in [3.05, 3.63) is 34.9 Å². The van der Waals surface area contributed by atoms with Gasteiger partial charge in [-0.25, -0.2) is 4.79 Å². The summed E-state index contributed by atoms with van der Waals surface area (Å²) in [6.45, 7) is 1.83. The molecule has 0 bridgehead atoms. The van der Waals surface area contributed by atoms with Crippen molar-refractivity contribution in [2.45, 2.75) is 26.2 Å². The molecule has 0 aliphatic heterocycles. The van der Waals surface area contributed by atoms with Crippen LogP contribution in [0.5, 0.6) is 0 Å². The number of esters is 1. The molecule has 1 aromatic carbocycles. The number of rotatable bonds is 7. The summed E-state index contributed by atoms with van der Waals surface area (Å²) in [6, 6.07) is 5.06. The quantitative estimate of drug-likeness (QED) is 0.573. The molecule has 108 valence electrons. The molecule has 0 atom stereocenters. The monoisotopic (exact) mass is 296 g/mol. The minimum Gasteiger partial charge on any atom is -0.465 e. The van der Waals surface area contributed by atoms with Gasteiger partial charge < -0.3 is 4.74 Å². The van der Waals surface area contributed by atoms with Crippen molar-refractivity contribution in [3.63, 3.8) is 0 Å². The third kappa shape index (κ3) is 4.78. The van der Waals surface area contributed by atoms with Gasteiger partial charge in [-0.3, -0.25) is 9.59 Å². The van der Waals surface area contributed by atoms with Gasteiger partial charge in [-0.15, -0.1) is 11.6 Å². The summed E-state index contributed by atoms with van der Waals surface area (Å²) in [5.74, 6) is -0.603. The third-order valence-electron chi connectivity index (χ3n) is 2.98. The van der Waals surface area contributed by atoms with Crippen LogP contribution in [-0.4, -0.2) is 30.5 Å². The highest BCUT2D eigenvalue weighted by Crippen LogP contribution is 2.14. The van der Waals surface area contributed by atoms with Crippen molar-refractivity contribution >= 4 is 29.1 Å². The number of ether oxygens (including phenoxy) is 1. The zero-order valence-electron chi connectivity index (χ0n) is 11.6. The van der Waals surface area contributed by atoms with E-state index in [0.29, 0.717) is 5.56 Å². The van der Waals surface area contributed by atoms with Gasteiger partial charge in [-0.1, -0.05) is 6.07 Å². The first-order chi connectivity index (χ1) is 9.47. The van der Waals surface area contributed by atoms with Crippen molar-refractivity contribution in [3.8, 4) is 0 Å². The number of carbonyl (C=O) groups is 3. The van der Waals surface area contributed by atoms with Crippen LogP contribution in [0.2, 0.25) is 0 Å². The molecule has 1 rings (SSSR count). The number of methoxy groups -OCH3 is 1. The van der Waals surface area contributed by atoms with Gasteiger partial charge in [0.05, 0.1) is 18.6 Å². The molecule has 0 aliphatic rings. The standard InChI is InChI=1S/C15H17ClO4/c1-10-7-12(15(19)20-2)4-3-11(10)8-13(17)5-6-14(18)9-16/h3-4,7H,5-6,8-9H2,1-2H3. The van der Waals surface area contributed by atoms with Crippen molar-refractivity contribution in [2.75, 3.05) is 13.0 Å². The molecule has 0 heterocycles.